The van der Waals surface area contributed by atoms with Crippen molar-refractivity contribution >= 4 is 39.2 Å². The normalized spacial score (nSPS) is 10.9. The summed E-state index contributed by atoms with van der Waals surface area (Å²) < 4.78 is 0. The number of urea groups is 1. The Balaban J connectivity index is 1.59. The van der Waals surface area contributed by atoms with Crippen molar-refractivity contribution in [2.24, 2.45) is 0 Å². The highest BCUT2D eigenvalue weighted by molar-refractivity contribution is 6.06. The van der Waals surface area contributed by atoms with Crippen molar-refractivity contribution in [2.45, 2.75) is 6.92 Å². The lowest BCUT2D eigenvalue weighted by atomic mass is 10.1. The largest absolute Gasteiger partial charge is 0.323 e. The van der Waals surface area contributed by atoms with Gasteiger partial charge in [0.15, 0.2) is 0 Å². The number of anilines is 2. The van der Waals surface area contributed by atoms with Gasteiger partial charge in [0.1, 0.15) is 0 Å². The Morgan fingerprint density at radius 3 is 2.88 bits per heavy atom. The average Bonchev–Trinajstić information content (AvgIpc) is 3.02. The predicted octanol–water partition coefficient (Wildman–Crippen LogP) is 4.06. The maximum atomic E-state index is 12.3. The van der Waals surface area contributed by atoms with Crippen LogP contribution in [0.5, 0.6) is 0 Å². The number of amides is 2. The summed E-state index contributed by atoms with van der Waals surface area (Å²) in [4.78, 5) is 16.8. The lowest BCUT2D eigenvalue weighted by Crippen LogP contribution is -2.19. The van der Waals surface area contributed by atoms with E-state index in [1.54, 1.807) is 6.20 Å². The number of H-pyrrole nitrogens is 1. The highest BCUT2D eigenvalue weighted by Crippen LogP contribution is 2.23. The number of benzene rings is 2. The van der Waals surface area contributed by atoms with Gasteiger partial charge in [-0.3, -0.25) is 10.1 Å². The van der Waals surface area contributed by atoms with E-state index in [-0.39, 0.29) is 6.03 Å². The molecule has 0 aliphatic carbocycles. The van der Waals surface area contributed by atoms with Crippen LogP contribution in [0.25, 0.3) is 21.8 Å². The van der Waals surface area contributed by atoms with Gasteiger partial charge in [0.05, 0.1) is 22.9 Å². The summed E-state index contributed by atoms with van der Waals surface area (Å²) in [5.41, 5.74) is 4.00. The zero-order chi connectivity index (χ0) is 16.5. The molecule has 24 heavy (non-hydrogen) atoms. The van der Waals surface area contributed by atoms with Crippen LogP contribution < -0.4 is 10.6 Å². The van der Waals surface area contributed by atoms with Crippen LogP contribution in [0.2, 0.25) is 0 Å². The van der Waals surface area contributed by atoms with E-state index in [1.807, 2.05) is 55.5 Å². The van der Waals surface area contributed by atoms with Gasteiger partial charge in [-0.1, -0.05) is 18.2 Å². The molecule has 0 aliphatic rings. The molecule has 0 saturated heterocycles. The third kappa shape index (κ3) is 2.65. The predicted molar refractivity (Wildman–Crippen MR) is 95.2 cm³/mol. The highest BCUT2D eigenvalue weighted by atomic mass is 16.2. The average molecular weight is 317 g/mol. The second-order valence-corrected chi connectivity index (χ2v) is 5.58. The van der Waals surface area contributed by atoms with Gasteiger partial charge < -0.3 is 10.6 Å². The van der Waals surface area contributed by atoms with Crippen LogP contribution in [0, 0.1) is 6.92 Å². The Hall–Kier alpha value is -3.41. The van der Waals surface area contributed by atoms with Crippen molar-refractivity contribution < 1.29 is 4.79 Å². The molecule has 4 rings (SSSR count). The van der Waals surface area contributed by atoms with E-state index in [2.05, 4.69) is 25.8 Å². The van der Waals surface area contributed by atoms with Crippen molar-refractivity contribution in [1.29, 1.82) is 0 Å². The van der Waals surface area contributed by atoms with Gasteiger partial charge in [-0.15, -0.1) is 0 Å². The topological polar surface area (TPSA) is 82.7 Å². The van der Waals surface area contributed by atoms with E-state index >= 15 is 0 Å². The summed E-state index contributed by atoms with van der Waals surface area (Å²) >= 11 is 0. The van der Waals surface area contributed by atoms with Crippen LogP contribution in [-0.2, 0) is 0 Å². The van der Waals surface area contributed by atoms with Crippen LogP contribution in [0.1, 0.15) is 5.69 Å². The fraction of sp³-hybridized carbons (Fsp3) is 0.0556. The second-order valence-electron chi connectivity index (χ2n) is 5.58. The number of aromatic amines is 1. The summed E-state index contributed by atoms with van der Waals surface area (Å²) in [6, 6.07) is 14.9. The van der Waals surface area contributed by atoms with Crippen molar-refractivity contribution in [2.75, 3.05) is 10.6 Å². The minimum Gasteiger partial charge on any atom is -0.308 e. The number of hydrogen-bond donors (Lipinski definition) is 3. The molecular weight excluding hydrogens is 302 g/mol. The molecular formula is C18H15N5O. The molecule has 6 heteroatoms. The van der Waals surface area contributed by atoms with Crippen LogP contribution in [0.15, 0.2) is 54.7 Å². The third-order valence-electron chi connectivity index (χ3n) is 3.79. The molecule has 2 heterocycles. The maximum Gasteiger partial charge on any atom is 0.323 e. The summed E-state index contributed by atoms with van der Waals surface area (Å²) in [5, 5.41) is 14.5. The summed E-state index contributed by atoms with van der Waals surface area (Å²) in [5.74, 6) is 0. The molecule has 118 valence electrons. The van der Waals surface area contributed by atoms with Crippen molar-refractivity contribution in [3.05, 3.63) is 60.4 Å². The zero-order valence-electron chi connectivity index (χ0n) is 13.0. The van der Waals surface area contributed by atoms with Gasteiger partial charge in [-0.05, 0) is 37.3 Å². The van der Waals surface area contributed by atoms with E-state index in [0.29, 0.717) is 5.69 Å². The van der Waals surface area contributed by atoms with Crippen molar-refractivity contribution in [3.8, 4) is 0 Å². The van der Waals surface area contributed by atoms with Gasteiger partial charge >= 0.3 is 6.03 Å². The van der Waals surface area contributed by atoms with Gasteiger partial charge in [0.25, 0.3) is 0 Å². The van der Waals surface area contributed by atoms with Crippen LogP contribution in [-0.4, -0.2) is 21.2 Å². The van der Waals surface area contributed by atoms with E-state index in [1.165, 1.54) is 0 Å². The number of carbonyl (C=O) groups excluding carboxylic acids is 1. The minimum absolute atomic E-state index is 0.301. The SMILES string of the molecule is Cc1cc(NC(=O)Nc2ccc3cn[nH]c3c2)c2ccccc2n1. The molecule has 2 aromatic carbocycles. The van der Waals surface area contributed by atoms with E-state index in [0.717, 1.165) is 33.2 Å². The molecule has 0 atom stereocenters. The number of hydrogen-bond acceptors (Lipinski definition) is 3. The molecule has 0 bridgehead atoms. The lowest BCUT2D eigenvalue weighted by molar-refractivity contribution is 0.262. The summed E-state index contributed by atoms with van der Waals surface area (Å²) in [7, 11) is 0. The molecule has 6 nitrogen and oxygen atoms in total. The summed E-state index contributed by atoms with van der Waals surface area (Å²) in [6.07, 6.45) is 1.74. The van der Waals surface area contributed by atoms with E-state index < -0.39 is 0 Å². The van der Waals surface area contributed by atoms with E-state index in [9.17, 15) is 4.79 Å². The summed E-state index contributed by atoms with van der Waals surface area (Å²) in [6.45, 7) is 1.90. The van der Waals surface area contributed by atoms with Crippen molar-refractivity contribution in [1.82, 2.24) is 15.2 Å². The molecule has 0 aliphatic heterocycles. The molecule has 2 aromatic heterocycles. The number of aromatic nitrogens is 3. The molecule has 0 radical (unpaired) electrons. The fourth-order valence-corrected chi connectivity index (χ4v) is 2.71. The van der Waals surface area contributed by atoms with Gasteiger partial charge in [-0.25, -0.2) is 4.79 Å². The molecule has 4 aromatic rings. The van der Waals surface area contributed by atoms with E-state index in [4.69, 9.17) is 0 Å². The van der Waals surface area contributed by atoms with Crippen LogP contribution >= 0.6 is 0 Å². The maximum absolute atomic E-state index is 12.3. The first-order valence-corrected chi connectivity index (χ1v) is 7.56. The number of fused-ring (bicyclic) bond motifs is 2. The standard InChI is InChI=1S/C18H15N5O/c1-11-8-17(14-4-2-3-5-15(14)20-11)22-18(24)21-13-7-6-12-10-19-23-16(12)9-13/h2-10H,1H3,(H,19,23)(H2,20,21,22,24). The molecule has 0 fully saturated rings. The third-order valence-corrected chi connectivity index (χ3v) is 3.79. The zero-order valence-corrected chi connectivity index (χ0v) is 13.0. The Morgan fingerprint density at radius 1 is 1.08 bits per heavy atom. The molecule has 3 N–H and O–H groups in total. The minimum atomic E-state index is -0.301. The Kier molecular flexibility index (Phi) is 3.35. The number of nitrogens with zero attached hydrogens (tertiary/aromatic N) is 2. The highest BCUT2D eigenvalue weighted by Gasteiger charge is 2.08. The first-order chi connectivity index (χ1) is 11.7. The molecule has 0 unspecified atom stereocenters. The Bertz CT molecular complexity index is 1050. The number of carbonyl (C=O) groups is 1. The van der Waals surface area contributed by atoms with Crippen LogP contribution in [0.4, 0.5) is 16.2 Å². The number of nitrogens with one attached hydrogen (secondary N) is 3. The fourth-order valence-electron chi connectivity index (χ4n) is 2.71. The number of rotatable bonds is 2. The van der Waals surface area contributed by atoms with Crippen molar-refractivity contribution in [3.63, 3.8) is 0 Å². The molecule has 2 amide bonds. The number of aryl methyl sites for hydroxylation is 1. The molecule has 0 saturated carbocycles. The smallest absolute Gasteiger partial charge is 0.308 e. The Morgan fingerprint density at radius 2 is 1.96 bits per heavy atom. The van der Waals surface area contributed by atoms with Gasteiger partial charge in [0, 0.05) is 22.2 Å². The Labute approximate surface area is 137 Å². The number of para-hydroxylation sites is 1. The van der Waals surface area contributed by atoms with Gasteiger partial charge in [-0.2, -0.15) is 5.10 Å². The monoisotopic (exact) mass is 317 g/mol. The first kappa shape index (κ1) is 14.2. The van der Waals surface area contributed by atoms with Crippen LogP contribution in [0.3, 0.4) is 0 Å². The lowest BCUT2D eigenvalue weighted by Gasteiger charge is -2.11. The quantitative estimate of drug-likeness (QED) is 0.521. The van der Waals surface area contributed by atoms with Gasteiger partial charge in [0.2, 0.25) is 0 Å². The second kappa shape index (κ2) is 5.66. The first-order valence-electron chi connectivity index (χ1n) is 7.56. The molecule has 0 spiro atoms. The number of pyridine rings is 1.